The third-order valence-corrected chi connectivity index (χ3v) is 8.20. The van der Waals surface area contributed by atoms with E-state index in [2.05, 4.69) is 15.1 Å². The Kier molecular flexibility index (Phi) is 6.63. The van der Waals surface area contributed by atoms with E-state index in [0.29, 0.717) is 46.6 Å². The number of aromatic nitrogens is 6. The fourth-order valence-electron chi connectivity index (χ4n) is 4.91. The predicted octanol–water partition coefficient (Wildman–Crippen LogP) is 5.14. The van der Waals surface area contributed by atoms with Crippen LogP contribution in [0.1, 0.15) is 25.5 Å². The fourth-order valence-corrected chi connectivity index (χ4v) is 6.07. The largest absolute Gasteiger partial charge is 0.433 e. The van der Waals surface area contributed by atoms with Gasteiger partial charge in [0, 0.05) is 54.1 Å². The van der Waals surface area contributed by atoms with Gasteiger partial charge in [0.1, 0.15) is 5.69 Å². The molecule has 5 aromatic rings. The number of carbonyl (C=O) groups excluding carboxylic acids is 1. The summed E-state index contributed by atoms with van der Waals surface area (Å²) >= 11 is 1.68. The van der Waals surface area contributed by atoms with Crippen molar-refractivity contribution in [1.82, 2.24) is 34.3 Å². The zero-order valence-electron chi connectivity index (χ0n) is 21.3. The second-order valence-electron chi connectivity index (χ2n) is 9.36. The summed E-state index contributed by atoms with van der Waals surface area (Å²) in [5.41, 5.74) is 3.85. The number of aryl methyl sites for hydroxylation is 1. The van der Waals surface area contributed by atoms with Crippen molar-refractivity contribution in [3.8, 4) is 22.7 Å². The minimum Gasteiger partial charge on any atom is -0.433 e. The summed E-state index contributed by atoms with van der Waals surface area (Å²) in [5.74, 6) is 0.116. The molecule has 39 heavy (non-hydrogen) atoms. The van der Waals surface area contributed by atoms with Crippen LogP contribution in [0.5, 0.6) is 5.75 Å². The van der Waals surface area contributed by atoms with Gasteiger partial charge in [-0.25, -0.2) is 14.2 Å². The number of hydrogen-bond acceptors (Lipinski definition) is 7. The van der Waals surface area contributed by atoms with Gasteiger partial charge in [0.25, 0.3) is 0 Å². The molecular formula is C27H25F2N7O2S. The normalized spacial score (nSPS) is 14.5. The summed E-state index contributed by atoms with van der Waals surface area (Å²) in [7, 11) is 0. The molecule has 1 amide bonds. The van der Waals surface area contributed by atoms with Crippen LogP contribution in [0, 0.1) is 6.92 Å². The Bertz CT molecular complexity index is 1680. The highest BCUT2D eigenvalue weighted by atomic mass is 32.2. The van der Waals surface area contributed by atoms with Crippen LogP contribution in [0.4, 0.5) is 8.78 Å². The second kappa shape index (κ2) is 10.3. The number of hydrogen-bond donors (Lipinski definition) is 0. The summed E-state index contributed by atoms with van der Waals surface area (Å²) in [6.07, 6.45) is 8.65. The smallest absolute Gasteiger partial charge is 0.387 e. The Morgan fingerprint density at radius 3 is 2.74 bits per heavy atom. The van der Waals surface area contributed by atoms with E-state index in [1.807, 2.05) is 24.0 Å². The van der Waals surface area contributed by atoms with Crippen molar-refractivity contribution < 1.29 is 18.3 Å². The van der Waals surface area contributed by atoms with E-state index < -0.39 is 6.61 Å². The highest BCUT2D eigenvalue weighted by Crippen LogP contribution is 2.37. The Balaban J connectivity index is 1.40. The van der Waals surface area contributed by atoms with Crippen molar-refractivity contribution in [2.75, 3.05) is 13.1 Å². The average Bonchev–Trinajstić information content (AvgIpc) is 3.50. The molecule has 4 aromatic heterocycles. The van der Waals surface area contributed by atoms with Crippen LogP contribution in [-0.2, 0) is 4.79 Å². The summed E-state index contributed by atoms with van der Waals surface area (Å²) in [5, 5.41) is 10.1. The van der Waals surface area contributed by atoms with E-state index in [4.69, 9.17) is 9.84 Å². The lowest BCUT2D eigenvalue weighted by Gasteiger charge is -2.31. The van der Waals surface area contributed by atoms with E-state index in [-0.39, 0.29) is 11.7 Å². The Morgan fingerprint density at radius 2 is 1.97 bits per heavy atom. The molecule has 12 heteroatoms. The van der Waals surface area contributed by atoms with Gasteiger partial charge in [-0.3, -0.25) is 9.78 Å². The first-order valence-electron chi connectivity index (χ1n) is 12.5. The van der Waals surface area contributed by atoms with Gasteiger partial charge < -0.3 is 9.64 Å². The number of pyridine rings is 1. The predicted molar refractivity (Wildman–Crippen MR) is 143 cm³/mol. The molecule has 1 fully saturated rings. The van der Waals surface area contributed by atoms with Gasteiger partial charge in [-0.1, -0.05) is 0 Å². The van der Waals surface area contributed by atoms with Crippen molar-refractivity contribution in [3.05, 3.63) is 60.8 Å². The van der Waals surface area contributed by atoms with E-state index in [0.717, 1.165) is 28.7 Å². The first-order chi connectivity index (χ1) is 18.9. The number of benzene rings is 1. The first kappa shape index (κ1) is 25.2. The molecule has 5 heterocycles. The first-order valence-corrected chi connectivity index (χ1v) is 13.4. The number of amides is 1. The van der Waals surface area contributed by atoms with Gasteiger partial charge in [0.15, 0.2) is 11.4 Å². The number of carbonyl (C=O) groups is 1. The lowest BCUT2D eigenvalue weighted by Crippen LogP contribution is -2.37. The molecule has 1 saturated heterocycles. The number of likely N-dealkylation sites (tertiary alicyclic amines) is 1. The fraction of sp³-hybridized carbons (Fsp3) is 0.296. The summed E-state index contributed by atoms with van der Waals surface area (Å²) in [6, 6.07) is 8.85. The molecule has 200 valence electrons. The maximum atomic E-state index is 13.4. The molecule has 0 aliphatic carbocycles. The monoisotopic (exact) mass is 549 g/mol. The number of alkyl halides is 2. The quantitative estimate of drug-likeness (QED) is 0.290. The zero-order valence-corrected chi connectivity index (χ0v) is 22.1. The third kappa shape index (κ3) is 4.91. The number of thioether (sulfide) groups is 1. The van der Waals surface area contributed by atoms with Crippen LogP contribution >= 0.6 is 11.8 Å². The molecule has 1 aromatic carbocycles. The number of halogens is 2. The topological polar surface area (TPSA) is 90.4 Å². The van der Waals surface area contributed by atoms with Crippen molar-refractivity contribution in [3.63, 3.8) is 0 Å². The maximum Gasteiger partial charge on any atom is 0.387 e. The summed E-state index contributed by atoms with van der Waals surface area (Å²) in [4.78, 5) is 23.5. The number of nitrogens with zero attached hydrogens (tertiary/aromatic N) is 7. The second-order valence-corrected chi connectivity index (χ2v) is 10.7. The minimum absolute atomic E-state index is 0.0289. The Labute approximate surface area is 226 Å². The van der Waals surface area contributed by atoms with Crippen molar-refractivity contribution in [1.29, 1.82) is 0 Å². The summed E-state index contributed by atoms with van der Waals surface area (Å²) in [6.45, 7) is 1.88. The Morgan fingerprint density at radius 1 is 1.15 bits per heavy atom. The molecule has 0 bridgehead atoms. The molecule has 1 aliphatic rings. The van der Waals surface area contributed by atoms with Crippen molar-refractivity contribution in [2.24, 2.45) is 0 Å². The number of ether oxygens (including phenoxy) is 1. The van der Waals surface area contributed by atoms with Crippen LogP contribution in [0.25, 0.3) is 33.5 Å². The number of fused-ring (bicyclic) bond motifs is 2. The molecule has 0 atom stereocenters. The molecule has 0 unspecified atom stereocenters. The van der Waals surface area contributed by atoms with Crippen LogP contribution in [-0.4, -0.2) is 65.1 Å². The van der Waals surface area contributed by atoms with Crippen LogP contribution < -0.4 is 4.74 Å². The minimum atomic E-state index is -2.98. The molecule has 6 rings (SSSR count). The van der Waals surface area contributed by atoms with E-state index >= 15 is 0 Å². The van der Waals surface area contributed by atoms with Crippen molar-refractivity contribution >= 4 is 34.2 Å². The van der Waals surface area contributed by atoms with E-state index in [1.54, 1.807) is 70.9 Å². The third-order valence-electron chi connectivity index (χ3n) is 6.87. The Hall–Kier alpha value is -4.06. The standard InChI is InChI=1S/C27H25F2N7O2S/c1-16-20-14-31-22(21-15-32-35-9-3-8-30-26(21)35)13-23(20)36(33-16)24-12-19(4-5-25(24)38-27(28)29)39-18-6-10-34(11-7-18)17(2)37/h3-5,8-9,12-15,18,27H,6-7,10-11H2,1-2H3. The van der Waals surface area contributed by atoms with E-state index in [9.17, 15) is 13.6 Å². The van der Waals surface area contributed by atoms with Crippen LogP contribution in [0.15, 0.2) is 60.0 Å². The SMILES string of the molecule is CC(=O)N1CCC(Sc2ccc(OC(F)F)c(-n3nc(C)c4cnc(-c5cnn6cccnc56)cc43)c2)CC1. The van der Waals surface area contributed by atoms with Gasteiger partial charge in [0.2, 0.25) is 5.91 Å². The van der Waals surface area contributed by atoms with Gasteiger partial charge in [0.05, 0.1) is 28.7 Å². The van der Waals surface area contributed by atoms with Gasteiger partial charge in [-0.15, -0.1) is 11.8 Å². The maximum absolute atomic E-state index is 13.4. The van der Waals surface area contributed by atoms with E-state index in [1.165, 1.54) is 0 Å². The molecular weight excluding hydrogens is 524 g/mol. The lowest BCUT2D eigenvalue weighted by atomic mass is 10.1. The van der Waals surface area contributed by atoms with Gasteiger partial charge >= 0.3 is 6.61 Å². The van der Waals surface area contributed by atoms with Crippen molar-refractivity contribution in [2.45, 2.75) is 43.4 Å². The lowest BCUT2D eigenvalue weighted by molar-refractivity contribution is -0.129. The number of rotatable bonds is 6. The van der Waals surface area contributed by atoms with Gasteiger partial charge in [-0.05, 0) is 50.1 Å². The summed E-state index contributed by atoms with van der Waals surface area (Å²) < 4.78 is 35.0. The highest BCUT2D eigenvalue weighted by Gasteiger charge is 2.23. The number of piperidine rings is 1. The molecule has 1 aliphatic heterocycles. The molecule has 0 radical (unpaired) electrons. The molecule has 0 saturated carbocycles. The van der Waals surface area contributed by atoms with Gasteiger partial charge in [-0.2, -0.15) is 19.0 Å². The zero-order chi connectivity index (χ0) is 27.1. The average molecular weight is 550 g/mol. The van der Waals surface area contributed by atoms with Crippen LogP contribution in [0.3, 0.4) is 0 Å². The highest BCUT2D eigenvalue weighted by molar-refractivity contribution is 8.00. The molecule has 0 N–H and O–H groups in total. The molecule has 9 nitrogen and oxygen atoms in total. The van der Waals surface area contributed by atoms with Crippen LogP contribution in [0.2, 0.25) is 0 Å². The molecule has 0 spiro atoms.